The van der Waals surface area contributed by atoms with Crippen LogP contribution < -0.4 is 11.1 Å². The SMILES string of the molecule is CSCC[C@@H](N)C(=O)NC1CCOC1C1CC1. The highest BCUT2D eigenvalue weighted by atomic mass is 32.2. The summed E-state index contributed by atoms with van der Waals surface area (Å²) in [6.07, 6.45) is 6.44. The van der Waals surface area contributed by atoms with Crippen LogP contribution >= 0.6 is 11.8 Å². The molecule has 2 rings (SSSR count). The highest BCUT2D eigenvalue weighted by molar-refractivity contribution is 7.98. The van der Waals surface area contributed by atoms with E-state index in [1.54, 1.807) is 11.8 Å². The molecule has 3 N–H and O–H groups in total. The molecule has 1 saturated carbocycles. The topological polar surface area (TPSA) is 64.4 Å². The number of rotatable bonds is 6. The van der Waals surface area contributed by atoms with E-state index in [0.717, 1.165) is 25.2 Å². The van der Waals surface area contributed by atoms with Crippen molar-refractivity contribution in [2.24, 2.45) is 11.7 Å². The van der Waals surface area contributed by atoms with Crippen LogP contribution in [0.4, 0.5) is 0 Å². The minimum absolute atomic E-state index is 0.0137. The van der Waals surface area contributed by atoms with Crippen LogP contribution in [0.15, 0.2) is 0 Å². The van der Waals surface area contributed by atoms with Crippen molar-refractivity contribution in [1.82, 2.24) is 5.32 Å². The zero-order chi connectivity index (χ0) is 12.3. The molecule has 3 atom stereocenters. The smallest absolute Gasteiger partial charge is 0.237 e. The van der Waals surface area contributed by atoms with Crippen LogP contribution in [0, 0.1) is 5.92 Å². The Hall–Kier alpha value is -0.260. The largest absolute Gasteiger partial charge is 0.376 e. The summed E-state index contributed by atoms with van der Waals surface area (Å²) in [6.45, 7) is 0.770. The molecular weight excluding hydrogens is 236 g/mol. The highest BCUT2D eigenvalue weighted by Gasteiger charge is 2.41. The summed E-state index contributed by atoms with van der Waals surface area (Å²) in [7, 11) is 0. The normalized spacial score (nSPS) is 30.2. The summed E-state index contributed by atoms with van der Waals surface area (Å²) in [5, 5.41) is 3.06. The molecule has 0 aromatic heterocycles. The maximum absolute atomic E-state index is 11.9. The Balaban J connectivity index is 1.76. The summed E-state index contributed by atoms with van der Waals surface area (Å²) in [4.78, 5) is 11.9. The van der Waals surface area contributed by atoms with Crippen molar-refractivity contribution in [3.8, 4) is 0 Å². The van der Waals surface area contributed by atoms with E-state index in [1.165, 1.54) is 12.8 Å². The molecule has 98 valence electrons. The lowest BCUT2D eigenvalue weighted by Crippen LogP contribution is -2.48. The Morgan fingerprint density at radius 3 is 2.94 bits per heavy atom. The third-order valence-corrected chi connectivity index (χ3v) is 4.16. The average Bonchev–Trinajstić information content (AvgIpc) is 3.07. The van der Waals surface area contributed by atoms with Crippen LogP contribution in [0.25, 0.3) is 0 Å². The molecule has 1 aliphatic carbocycles. The first kappa shape index (κ1) is 13.2. The molecule has 1 aliphatic heterocycles. The van der Waals surface area contributed by atoms with Crippen molar-refractivity contribution in [3.05, 3.63) is 0 Å². The molecule has 0 bridgehead atoms. The summed E-state index contributed by atoms with van der Waals surface area (Å²) in [6, 6.07) is -0.182. The monoisotopic (exact) mass is 258 g/mol. The minimum atomic E-state index is -0.372. The van der Waals surface area contributed by atoms with Crippen molar-refractivity contribution < 1.29 is 9.53 Å². The lowest BCUT2D eigenvalue weighted by molar-refractivity contribution is -0.123. The molecular formula is C12H22N2O2S. The molecule has 1 heterocycles. The quantitative estimate of drug-likeness (QED) is 0.738. The van der Waals surface area contributed by atoms with Gasteiger partial charge in [-0.1, -0.05) is 0 Å². The standard InChI is InChI=1S/C12H22N2O2S/c1-17-7-5-9(13)12(15)14-10-4-6-16-11(10)8-2-3-8/h8-11H,2-7,13H2,1H3,(H,14,15)/t9-,10?,11?/m1/s1. The summed E-state index contributed by atoms with van der Waals surface area (Å²) < 4.78 is 5.69. The number of carbonyl (C=O) groups excluding carboxylic acids is 1. The van der Waals surface area contributed by atoms with E-state index in [2.05, 4.69) is 5.32 Å². The van der Waals surface area contributed by atoms with Crippen molar-refractivity contribution in [1.29, 1.82) is 0 Å². The predicted molar refractivity (Wildman–Crippen MR) is 70.0 cm³/mol. The van der Waals surface area contributed by atoms with Crippen LogP contribution in [0.1, 0.15) is 25.7 Å². The average molecular weight is 258 g/mol. The van der Waals surface area contributed by atoms with Gasteiger partial charge in [0.05, 0.1) is 18.2 Å². The van der Waals surface area contributed by atoms with E-state index in [9.17, 15) is 4.79 Å². The minimum Gasteiger partial charge on any atom is -0.376 e. The second-order valence-electron chi connectivity index (χ2n) is 4.96. The molecule has 2 aliphatic rings. The van der Waals surface area contributed by atoms with Gasteiger partial charge in [-0.05, 0) is 43.6 Å². The van der Waals surface area contributed by atoms with Crippen LogP contribution in [-0.2, 0) is 9.53 Å². The highest BCUT2D eigenvalue weighted by Crippen LogP contribution is 2.38. The lowest BCUT2D eigenvalue weighted by Gasteiger charge is -2.21. The second-order valence-corrected chi connectivity index (χ2v) is 5.95. The number of thioether (sulfide) groups is 1. The van der Waals surface area contributed by atoms with Gasteiger partial charge in [0, 0.05) is 6.61 Å². The van der Waals surface area contributed by atoms with Gasteiger partial charge in [-0.15, -0.1) is 0 Å². The molecule has 2 unspecified atom stereocenters. The summed E-state index contributed by atoms with van der Waals surface area (Å²) in [5.41, 5.74) is 5.85. The third-order valence-electron chi connectivity index (χ3n) is 3.52. The molecule has 0 spiro atoms. The fourth-order valence-corrected chi connectivity index (χ4v) is 2.81. The van der Waals surface area contributed by atoms with Gasteiger partial charge < -0.3 is 15.8 Å². The fourth-order valence-electron chi connectivity index (χ4n) is 2.32. The number of nitrogens with one attached hydrogen (secondary N) is 1. The maximum atomic E-state index is 11.9. The van der Waals surface area contributed by atoms with Gasteiger partial charge in [0.15, 0.2) is 0 Å². The molecule has 1 saturated heterocycles. The molecule has 0 aromatic rings. The Morgan fingerprint density at radius 2 is 2.29 bits per heavy atom. The van der Waals surface area contributed by atoms with E-state index >= 15 is 0 Å². The van der Waals surface area contributed by atoms with Gasteiger partial charge >= 0.3 is 0 Å². The second kappa shape index (κ2) is 6.07. The number of ether oxygens (including phenoxy) is 1. The fraction of sp³-hybridized carbons (Fsp3) is 0.917. The van der Waals surface area contributed by atoms with Crippen molar-refractivity contribution in [2.75, 3.05) is 18.6 Å². The van der Waals surface area contributed by atoms with E-state index < -0.39 is 0 Å². The molecule has 5 heteroatoms. The summed E-state index contributed by atoms with van der Waals surface area (Å²) in [5.74, 6) is 1.59. The van der Waals surface area contributed by atoms with E-state index in [1.807, 2.05) is 6.26 Å². The zero-order valence-electron chi connectivity index (χ0n) is 10.4. The Kier molecular flexibility index (Phi) is 4.70. The molecule has 0 aromatic carbocycles. The first-order valence-electron chi connectivity index (χ1n) is 6.39. The molecule has 0 radical (unpaired) electrons. The molecule has 1 amide bonds. The first-order chi connectivity index (χ1) is 8.22. The van der Waals surface area contributed by atoms with Crippen LogP contribution in [0.3, 0.4) is 0 Å². The van der Waals surface area contributed by atoms with Gasteiger partial charge in [0.2, 0.25) is 5.91 Å². The molecule has 4 nitrogen and oxygen atoms in total. The number of carbonyl (C=O) groups is 1. The number of hydrogen-bond donors (Lipinski definition) is 2. The molecule has 17 heavy (non-hydrogen) atoms. The Morgan fingerprint density at radius 1 is 1.53 bits per heavy atom. The van der Waals surface area contributed by atoms with Crippen molar-refractivity contribution >= 4 is 17.7 Å². The van der Waals surface area contributed by atoms with E-state index in [4.69, 9.17) is 10.5 Å². The molecule has 2 fully saturated rings. The summed E-state index contributed by atoms with van der Waals surface area (Å²) >= 11 is 1.72. The number of amides is 1. The van der Waals surface area contributed by atoms with Crippen LogP contribution in [-0.4, -0.2) is 42.7 Å². The van der Waals surface area contributed by atoms with E-state index in [0.29, 0.717) is 5.92 Å². The lowest BCUT2D eigenvalue weighted by atomic mass is 10.1. The van der Waals surface area contributed by atoms with Gasteiger partial charge in [-0.3, -0.25) is 4.79 Å². The number of hydrogen-bond acceptors (Lipinski definition) is 4. The van der Waals surface area contributed by atoms with Gasteiger partial charge in [-0.2, -0.15) is 11.8 Å². The van der Waals surface area contributed by atoms with Gasteiger partial charge in [0.25, 0.3) is 0 Å². The van der Waals surface area contributed by atoms with Gasteiger partial charge in [0.1, 0.15) is 0 Å². The zero-order valence-corrected chi connectivity index (χ0v) is 11.2. The van der Waals surface area contributed by atoms with Crippen LogP contribution in [0.2, 0.25) is 0 Å². The Bertz CT molecular complexity index is 271. The predicted octanol–water partition coefficient (Wildman–Crippen LogP) is 0.750. The Labute approximate surface area is 107 Å². The van der Waals surface area contributed by atoms with Crippen molar-refractivity contribution in [2.45, 2.75) is 43.9 Å². The van der Waals surface area contributed by atoms with E-state index in [-0.39, 0.29) is 24.1 Å². The third kappa shape index (κ3) is 3.60. The van der Waals surface area contributed by atoms with Gasteiger partial charge in [-0.25, -0.2) is 0 Å². The number of nitrogens with two attached hydrogens (primary N) is 1. The van der Waals surface area contributed by atoms with Crippen LogP contribution in [0.5, 0.6) is 0 Å². The van der Waals surface area contributed by atoms with Crippen molar-refractivity contribution in [3.63, 3.8) is 0 Å². The maximum Gasteiger partial charge on any atom is 0.237 e. The first-order valence-corrected chi connectivity index (χ1v) is 7.78.